The van der Waals surface area contributed by atoms with Gasteiger partial charge in [-0.3, -0.25) is 0 Å². The van der Waals surface area contributed by atoms with Crippen LogP contribution in [0.4, 0.5) is 0 Å². The van der Waals surface area contributed by atoms with Gasteiger partial charge in [0.1, 0.15) is 0 Å². The Bertz CT molecular complexity index is 480. The van der Waals surface area contributed by atoms with Crippen LogP contribution in [0.1, 0.15) is 56.2 Å². The van der Waals surface area contributed by atoms with E-state index in [1.54, 1.807) is 0 Å². The summed E-state index contributed by atoms with van der Waals surface area (Å²) in [5.74, 6) is 0.776. The topological polar surface area (TPSA) is 32.3 Å². The normalized spacial score (nSPS) is 33.1. The van der Waals surface area contributed by atoms with Gasteiger partial charge >= 0.3 is 0 Å². The summed E-state index contributed by atoms with van der Waals surface area (Å²) in [6.45, 7) is 3.02. The minimum absolute atomic E-state index is 0.408. The number of rotatable bonds is 3. The first-order valence-electron chi connectivity index (χ1n) is 7.80. The molecule has 1 fully saturated rings. The highest BCUT2D eigenvalue weighted by Crippen LogP contribution is 2.37. The second kappa shape index (κ2) is 5.78. The van der Waals surface area contributed by atoms with Crippen LogP contribution in [0, 0.1) is 5.92 Å². The summed E-state index contributed by atoms with van der Waals surface area (Å²) in [5, 5.41) is 14.3. The number of aliphatic hydroxyl groups is 1. The molecule has 0 aromatic heterocycles. The summed E-state index contributed by atoms with van der Waals surface area (Å²) >= 11 is 3.64. The van der Waals surface area contributed by atoms with Crippen LogP contribution in [-0.2, 0) is 6.42 Å². The third-order valence-electron chi connectivity index (χ3n) is 5.10. The molecule has 1 saturated carbocycles. The zero-order chi connectivity index (χ0) is 14.2. The smallest absolute Gasteiger partial charge is 0.0772 e. The van der Waals surface area contributed by atoms with Crippen LogP contribution < -0.4 is 5.32 Å². The van der Waals surface area contributed by atoms with Crippen molar-refractivity contribution in [1.82, 2.24) is 5.32 Å². The molecular formula is C17H24BrNO. The molecule has 3 heteroatoms. The number of hydrogen-bond donors (Lipinski definition) is 2. The van der Waals surface area contributed by atoms with E-state index in [1.165, 1.54) is 15.6 Å². The minimum atomic E-state index is -0.485. The SMILES string of the molecule is CC1CCC(O)(CNC2CCc3c(Br)cccc32)CC1. The van der Waals surface area contributed by atoms with E-state index in [0.717, 1.165) is 51.0 Å². The van der Waals surface area contributed by atoms with E-state index in [-0.39, 0.29) is 0 Å². The molecule has 2 aliphatic carbocycles. The zero-order valence-corrected chi connectivity index (χ0v) is 13.7. The van der Waals surface area contributed by atoms with E-state index in [4.69, 9.17) is 0 Å². The van der Waals surface area contributed by atoms with Crippen molar-refractivity contribution in [2.24, 2.45) is 5.92 Å². The number of hydrogen-bond acceptors (Lipinski definition) is 2. The zero-order valence-electron chi connectivity index (χ0n) is 12.2. The maximum Gasteiger partial charge on any atom is 0.0772 e. The number of fused-ring (bicyclic) bond motifs is 1. The van der Waals surface area contributed by atoms with Gasteiger partial charge in [-0.2, -0.15) is 0 Å². The fraction of sp³-hybridized carbons (Fsp3) is 0.647. The molecule has 2 N–H and O–H groups in total. The lowest BCUT2D eigenvalue weighted by Gasteiger charge is -2.36. The predicted octanol–water partition coefficient (Wildman–Crippen LogP) is 3.97. The molecule has 2 aliphatic rings. The lowest BCUT2D eigenvalue weighted by atomic mass is 9.79. The summed E-state index contributed by atoms with van der Waals surface area (Å²) in [7, 11) is 0. The molecule has 0 bridgehead atoms. The minimum Gasteiger partial charge on any atom is -0.389 e. The van der Waals surface area contributed by atoms with Crippen molar-refractivity contribution in [3.8, 4) is 0 Å². The van der Waals surface area contributed by atoms with Crippen LogP contribution in [-0.4, -0.2) is 17.3 Å². The molecular weight excluding hydrogens is 314 g/mol. The molecule has 1 aromatic rings. The summed E-state index contributed by atoms with van der Waals surface area (Å²) in [5.41, 5.74) is 2.36. The van der Waals surface area contributed by atoms with Crippen molar-refractivity contribution in [3.05, 3.63) is 33.8 Å². The van der Waals surface area contributed by atoms with Crippen LogP contribution in [0.3, 0.4) is 0 Å². The molecule has 1 unspecified atom stereocenters. The molecule has 1 aromatic carbocycles. The summed E-state index contributed by atoms with van der Waals surface area (Å²) in [4.78, 5) is 0. The summed E-state index contributed by atoms with van der Waals surface area (Å²) in [6.07, 6.45) is 6.47. The Morgan fingerprint density at radius 1 is 1.30 bits per heavy atom. The van der Waals surface area contributed by atoms with Gasteiger partial charge in [-0.15, -0.1) is 0 Å². The average Bonchev–Trinajstić information content (AvgIpc) is 2.85. The molecule has 1 atom stereocenters. The first kappa shape index (κ1) is 14.6. The summed E-state index contributed by atoms with van der Waals surface area (Å²) < 4.78 is 1.23. The van der Waals surface area contributed by atoms with Gasteiger partial charge in [-0.25, -0.2) is 0 Å². The first-order valence-corrected chi connectivity index (χ1v) is 8.60. The molecule has 20 heavy (non-hydrogen) atoms. The van der Waals surface area contributed by atoms with E-state index in [2.05, 4.69) is 46.4 Å². The Kier molecular flexibility index (Phi) is 4.21. The van der Waals surface area contributed by atoms with Gasteiger partial charge in [0.25, 0.3) is 0 Å². The highest BCUT2D eigenvalue weighted by atomic mass is 79.9. The second-order valence-electron chi connectivity index (χ2n) is 6.69. The molecule has 0 heterocycles. The quantitative estimate of drug-likeness (QED) is 0.874. The largest absolute Gasteiger partial charge is 0.389 e. The summed E-state index contributed by atoms with van der Waals surface area (Å²) in [6, 6.07) is 6.86. The van der Waals surface area contributed by atoms with Gasteiger partial charge in [-0.05, 0) is 61.6 Å². The maximum absolute atomic E-state index is 10.7. The van der Waals surface area contributed by atoms with Crippen LogP contribution >= 0.6 is 15.9 Å². The Morgan fingerprint density at radius 2 is 2.05 bits per heavy atom. The van der Waals surface area contributed by atoms with Gasteiger partial charge < -0.3 is 10.4 Å². The van der Waals surface area contributed by atoms with Gasteiger partial charge in [-0.1, -0.05) is 35.0 Å². The Balaban J connectivity index is 1.62. The van der Waals surface area contributed by atoms with Gasteiger partial charge in [0, 0.05) is 17.1 Å². The third-order valence-corrected chi connectivity index (χ3v) is 5.84. The molecule has 0 spiro atoms. The fourth-order valence-electron chi connectivity index (χ4n) is 3.61. The average molecular weight is 338 g/mol. The van der Waals surface area contributed by atoms with Crippen molar-refractivity contribution < 1.29 is 5.11 Å². The first-order chi connectivity index (χ1) is 9.57. The van der Waals surface area contributed by atoms with Crippen molar-refractivity contribution in [2.75, 3.05) is 6.54 Å². The molecule has 110 valence electrons. The van der Waals surface area contributed by atoms with Gasteiger partial charge in [0.2, 0.25) is 0 Å². The van der Waals surface area contributed by atoms with Crippen molar-refractivity contribution in [1.29, 1.82) is 0 Å². The van der Waals surface area contributed by atoms with E-state index in [0.29, 0.717) is 6.04 Å². The van der Waals surface area contributed by atoms with Crippen LogP contribution in [0.15, 0.2) is 22.7 Å². The molecule has 0 radical (unpaired) electrons. The Labute approximate surface area is 130 Å². The maximum atomic E-state index is 10.7. The van der Waals surface area contributed by atoms with E-state index >= 15 is 0 Å². The highest BCUT2D eigenvalue weighted by molar-refractivity contribution is 9.10. The monoisotopic (exact) mass is 337 g/mol. The van der Waals surface area contributed by atoms with Crippen LogP contribution in [0.2, 0.25) is 0 Å². The predicted molar refractivity (Wildman–Crippen MR) is 85.8 cm³/mol. The fourth-order valence-corrected chi connectivity index (χ4v) is 4.19. The molecule has 3 rings (SSSR count). The third kappa shape index (κ3) is 2.95. The molecule has 0 saturated heterocycles. The van der Waals surface area contributed by atoms with Crippen LogP contribution in [0.5, 0.6) is 0 Å². The van der Waals surface area contributed by atoms with E-state index < -0.39 is 5.60 Å². The van der Waals surface area contributed by atoms with Crippen molar-refractivity contribution >= 4 is 15.9 Å². The number of nitrogens with one attached hydrogen (secondary N) is 1. The molecule has 0 amide bonds. The lowest BCUT2D eigenvalue weighted by Crippen LogP contribution is -2.44. The Morgan fingerprint density at radius 3 is 2.80 bits per heavy atom. The molecule has 2 nitrogen and oxygen atoms in total. The number of benzene rings is 1. The van der Waals surface area contributed by atoms with Crippen molar-refractivity contribution in [3.63, 3.8) is 0 Å². The van der Waals surface area contributed by atoms with Gasteiger partial charge in [0.15, 0.2) is 0 Å². The van der Waals surface area contributed by atoms with E-state index in [9.17, 15) is 5.11 Å². The Hall–Kier alpha value is -0.380. The molecule has 0 aliphatic heterocycles. The second-order valence-corrected chi connectivity index (χ2v) is 7.54. The number of halogens is 1. The standard InChI is InChI=1S/C17H24BrNO/c1-12-7-9-17(20,10-8-12)11-19-16-6-5-13-14(16)3-2-4-15(13)18/h2-4,12,16,19-20H,5-11H2,1H3. The highest BCUT2D eigenvalue weighted by Gasteiger charge is 2.33. The van der Waals surface area contributed by atoms with E-state index in [1.807, 2.05) is 0 Å². The lowest BCUT2D eigenvalue weighted by molar-refractivity contribution is -0.00818. The van der Waals surface area contributed by atoms with Crippen LogP contribution in [0.25, 0.3) is 0 Å². The van der Waals surface area contributed by atoms with Crippen molar-refractivity contribution in [2.45, 2.75) is 57.1 Å². The van der Waals surface area contributed by atoms with Gasteiger partial charge in [0.05, 0.1) is 5.60 Å².